The summed E-state index contributed by atoms with van der Waals surface area (Å²) in [5.74, 6) is 1.33. The molecule has 0 unspecified atom stereocenters. The predicted octanol–water partition coefficient (Wildman–Crippen LogP) is 3.68. The number of ether oxygens (including phenoxy) is 2. The van der Waals surface area contributed by atoms with Crippen LogP contribution >= 0.6 is 0 Å². The van der Waals surface area contributed by atoms with E-state index in [1.807, 2.05) is 4.57 Å². The van der Waals surface area contributed by atoms with E-state index in [2.05, 4.69) is 21.0 Å². The highest BCUT2D eigenvalue weighted by Crippen LogP contribution is 2.35. The molecule has 0 saturated carbocycles. The molecule has 2 heterocycles. The number of rotatable bonds is 5. The van der Waals surface area contributed by atoms with Gasteiger partial charge >= 0.3 is 6.61 Å². The molecule has 0 aliphatic carbocycles. The summed E-state index contributed by atoms with van der Waals surface area (Å²) >= 11 is 0. The van der Waals surface area contributed by atoms with Gasteiger partial charge in [-0.2, -0.15) is 14.0 Å². The highest BCUT2D eigenvalue weighted by atomic mass is 19.3. The van der Waals surface area contributed by atoms with Crippen molar-refractivity contribution >= 4 is 11.6 Å². The van der Waals surface area contributed by atoms with Gasteiger partial charge in [0.1, 0.15) is 11.9 Å². The maximum atomic E-state index is 12.8. The van der Waals surface area contributed by atoms with Gasteiger partial charge in [-0.25, -0.2) is 0 Å². The van der Waals surface area contributed by atoms with Crippen molar-refractivity contribution in [1.82, 2.24) is 14.8 Å². The maximum absolute atomic E-state index is 12.8. The third kappa shape index (κ3) is 3.67. The fourth-order valence-corrected chi connectivity index (χ4v) is 3.01. The molecular weight excluding hydrogens is 342 g/mol. The van der Waals surface area contributed by atoms with Crippen molar-refractivity contribution < 1.29 is 18.3 Å². The molecule has 0 radical (unpaired) electrons. The predicted molar refractivity (Wildman–Crippen MR) is 90.7 cm³/mol. The summed E-state index contributed by atoms with van der Waals surface area (Å²) in [7, 11) is 1.37. The molecule has 1 aromatic carbocycles. The molecule has 0 bridgehead atoms. The lowest BCUT2D eigenvalue weighted by Crippen LogP contribution is -2.06. The monoisotopic (exact) mass is 360 g/mol. The molecular formula is C18H18F2N4O2. The van der Waals surface area contributed by atoms with E-state index >= 15 is 0 Å². The number of alkyl halides is 2. The van der Waals surface area contributed by atoms with Crippen LogP contribution in [0.4, 0.5) is 8.78 Å². The number of nitriles is 1. The highest BCUT2D eigenvalue weighted by Gasteiger charge is 2.20. The zero-order valence-corrected chi connectivity index (χ0v) is 14.3. The third-order valence-electron chi connectivity index (χ3n) is 4.21. The second-order valence-corrected chi connectivity index (χ2v) is 5.83. The van der Waals surface area contributed by atoms with Crippen LogP contribution in [0.3, 0.4) is 0 Å². The quantitative estimate of drug-likeness (QED) is 0.761. The molecule has 1 aliphatic rings. The lowest BCUT2D eigenvalue weighted by atomic mass is 10.1. The average Bonchev–Trinajstić information content (AvgIpc) is 2.88. The summed E-state index contributed by atoms with van der Waals surface area (Å²) < 4.78 is 37.2. The topological polar surface area (TPSA) is 73.0 Å². The van der Waals surface area contributed by atoms with E-state index in [-0.39, 0.29) is 17.1 Å². The molecule has 0 N–H and O–H groups in total. The van der Waals surface area contributed by atoms with Crippen LogP contribution in [0.2, 0.25) is 0 Å². The van der Waals surface area contributed by atoms with Gasteiger partial charge in [-0.3, -0.25) is 0 Å². The number of aromatic nitrogens is 3. The summed E-state index contributed by atoms with van der Waals surface area (Å²) in [5, 5.41) is 17.9. The van der Waals surface area contributed by atoms with Crippen LogP contribution in [0, 0.1) is 11.3 Å². The second kappa shape index (κ2) is 7.95. The van der Waals surface area contributed by atoms with E-state index in [4.69, 9.17) is 4.74 Å². The molecule has 26 heavy (non-hydrogen) atoms. The van der Waals surface area contributed by atoms with Gasteiger partial charge in [0.15, 0.2) is 17.3 Å². The van der Waals surface area contributed by atoms with Gasteiger partial charge in [-0.05, 0) is 25.0 Å². The SMILES string of the molecule is COc1cccc(/C=C(\C#N)c2nnc3n2CCCCC3)c1OC(F)F. The average molecular weight is 360 g/mol. The Balaban J connectivity index is 2.06. The standard InChI is InChI=1S/C18H18F2N4O2/c1-25-14-7-5-6-12(16(14)26-18(19)20)10-13(11-21)17-23-22-15-8-3-2-4-9-24(15)17/h5-7,10,18H,2-4,8-9H2,1H3/b13-10+. The fourth-order valence-electron chi connectivity index (χ4n) is 3.01. The van der Waals surface area contributed by atoms with Crippen molar-refractivity contribution in [2.45, 2.75) is 38.8 Å². The lowest BCUT2D eigenvalue weighted by Gasteiger charge is -2.13. The van der Waals surface area contributed by atoms with Crippen LogP contribution in [0.1, 0.15) is 36.5 Å². The van der Waals surface area contributed by atoms with Gasteiger partial charge in [0, 0.05) is 18.5 Å². The largest absolute Gasteiger partial charge is 0.493 e. The minimum atomic E-state index is -3.01. The molecule has 1 aliphatic heterocycles. The molecule has 0 atom stereocenters. The van der Waals surface area contributed by atoms with Gasteiger partial charge in [-0.1, -0.05) is 18.6 Å². The van der Waals surface area contributed by atoms with Crippen molar-refractivity contribution in [3.05, 3.63) is 35.4 Å². The number of para-hydroxylation sites is 1. The van der Waals surface area contributed by atoms with Crippen LogP contribution in [-0.4, -0.2) is 28.5 Å². The molecule has 136 valence electrons. The Bertz CT molecular complexity index is 855. The number of halogens is 2. The summed E-state index contributed by atoms with van der Waals surface area (Å²) in [5.41, 5.74) is 0.546. The molecule has 0 fully saturated rings. The Labute approximate surface area is 149 Å². The molecule has 3 rings (SSSR count). The molecule has 0 saturated heterocycles. The number of hydrogen-bond acceptors (Lipinski definition) is 5. The van der Waals surface area contributed by atoms with Crippen LogP contribution in [0.15, 0.2) is 18.2 Å². The Hall–Kier alpha value is -2.95. The van der Waals surface area contributed by atoms with Crippen molar-refractivity contribution in [3.63, 3.8) is 0 Å². The number of methoxy groups -OCH3 is 1. The first-order valence-electron chi connectivity index (χ1n) is 8.30. The van der Waals surface area contributed by atoms with E-state index in [1.165, 1.54) is 19.3 Å². The fraction of sp³-hybridized carbons (Fsp3) is 0.389. The molecule has 1 aromatic heterocycles. The van der Waals surface area contributed by atoms with E-state index in [9.17, 15) is 14.0 Å². The van der Waals surface area contributed by atoms with E-state index < -0.39 is 6.61 Å². The Morgan fingerprint density at radius 2 is 2.15 bits per heavy atom. The van der Waals surface area contributed by atoms with E-state index in [1.54, 1.807) is 12.1 Å². The number of hydrogen-bond donors (Lipinski definition) is 0. The van der Waals surface area contributed by atoms with Crippen LogP contribution < -0.4 is 9.47 Å². The normalized spacial score (nSPS) is 14.5. The first kappa shape index (κ1) is 17.9. The second-order valence-electron chi connectivity index (χ2n) is 5.83. The van der Waals surface area contributed by atoms with Crippen molar-refractivity contribution in [3.8, 4) is 17.6 Å². The molecule has 0 spiro atoms. The van der Waals surface area contributed by atoms with Crippen LogP contribution in [-0.2, 0) is 13.0 Å². The van der Waals surface area contributed by atoms with Crippen molar-refractivity contribution in [2.75, 3.05) is 7.11 Å². The van der Waals surface area contributed by atoms with Crippen LogP contribution in [0.25, 0.3) is 11.6 Å². The van der Waals surface area contributed by atoms with Crippen molar-refractivity contribution in [1.29, 1.82) is 5.26 Å². The van der Waals surface area contributed by atoms with E-state index in [0.29, 0.717) is 11.4 Å². The van der Waals surface area contributed by atoms with Crippen LogP contribution in [0.5, 0.6) is 11.5 Å². The number of allylic oxidation sites excluding steroid dienone is 1. The van der Waals surface area contributed by atoms with Gasteiger partial charge in [0.05, 0.1) is 12.7 Å². The van der Waals surface area contributed by atoms with Gasteiger partial charge in [0.25, 0.3) is 0 Å². The Kier molecular flexibility index (Phi) is 5.46. The molecule has 2 aromatic rings. The number of aryl methyl sites for hydroxylation is 1. The summed E-state index contributed by atoms with van der Waals surface area (Å²) in [6.07, 6.45) is 5.39. The smallest absolute Gasteiger partial charge is 0.387 e. The molecule has 8 heteroatoms. The minimum absolute atomic E-state index is 0.117. The minimum Gasteiger partial charge on any atom is -0.493 e. The van der Waals surface area contributed by atoms with Gasteiger partial charge in [0.2, 0.25) is 0 Å². The molecule has 6 nitrogen and oxygen atoms in total. The summed E-state index contributed by atoms with van der Waals surface area (Å²) in [4.78, 5) is 0. The third-order valence-corrected chi connectivity index (χ3v) is 4.21. The van der Waals surface area contributed by atoms with Gasteiger partial charge in [-0.15, -0.1) is 10.2 Å². The number of fused-ring (bicyclic) bond motifs is 1. The molecule has 0 amide bonds. The Morgan fingerprint density at radius 1 is 1.31 bits per heavy atom. The number of benzene rings is 1. The summed E-state index contributed by atoms with van der Waals surface area (Å²) in [6, 6.07) is 6.84. The maximum Gasteiger partial charge on any atom is 0.387 e. The van der Waals surface area contributed by atoms with Gasteiger partial charge < -0.3 is 14.0 Å². The summed E-state index contributed by atoms with van der Waals surface area (Å²) in [6.45, 7) is -2.27. The zero-order chi connectivity index (χ0) is 18.5. The van der Waals surface area contributed by atoms with E-state index in [0.717, 1.165) is 38.1 Å². The first-order chi connectivity index (χ1) is 12.6. The zero-order valence-electron chi connectivity index (χ0n) is 14.3. The lowest BCUT2D eigenvalue weighted by molar-refractivity contribution is -0.0513. The Morgan fingerprint density at radius 3 is 2.88 bits per heavy atom. The first-order valence-corrected chi connectivity index (χ1v) is 8.30. The highest BCUT2D eigenvalue weighted by molar-refractivity contribution is 5.89. The number of nitrogens with zero attached hydrogens (tertiary/aromatic N) is 4. The van der Waals surface area contributed by atoms with Crippen molar-refractivity contribution in [2.24, 2.45) is 0 Å².